The molecule has 5 heteroatoms. The lowest BCUT2D eigenvalue weighted by Crippen LogP contribution is -2.32. The van der Waals surface area contributed by atoms with E-state index in [1.54, 1.807) is 0 Å². The van der Waals surface area contributed by atoms with E-state index in [1.165, 1.54) is 23.3 Å². The maximum atomic E-state index is 12.5. The molecule has 0 bridgehead atoms. The van der Waals surface area contributed by atoms with Crippen molar-refractivity contribution >= 4 is 0 Å². The Bertz CT molecular complexity index is 652. The Hall–Kier alpha value is -1.85. The van der Waals surface area contributed by atoms with Crippen LogP contribution in [0.5, 0.6) is 0 Å². The van der Waals surface area contributed by atoms with Crippen molar-refractivity contribution in [2.75, 3.05) is 6.54 Å². The lowest BCUT2D eigenvalue weighted by molar-refractivity contribution is -0.137. The normalized spacial score (nSPS) is 14.4. The molecule has 24 heavy (non-hydrogen) atoms. The average molecular weight is 337 g/mol. The number of aliphatic hydroxyl groups is 1. The first-order valence-corrected chi connectivity index (χ1v) is 7.90. The van der Waals surface area contributed by atoms with Gasteiger partial charge in [0.15, 0.2) is 0 Å². The van der Waals surface area contributed by atoms with Crippen LogP contribution in [-0.2, 0) is 12.6 Å². The summed E-state index contributed by atoms with van der Waals surface area (Å²) in [6.45, 7) is 4.36. The van der Waals surface area contributed by atoms with Gasteiger partial charge in [0, 0.05) is 12.6 Å². The fourth-order valence-corrected chi connectivity index (χ4v) is 2.57. The predicted octanol–water partition coefficient (Wildman–Crippen LogP) is 4.27. The minimum atomic E-state index is -4.36. The summed E-state index contributed by atoms with van der Waals surface area (Å²) in [5.74, 6) is 0. The number of hydrogen-bond donors (Lipinski definition) is 2. The number of aryl methyl sites for hydroxylation is 1. The van der Waals surface area contributed by atoms with E-state index in [9.17, 15) is 18.3 Å². The molecule has 0 saturated carbocycles. The molecular weight excluding hydrogens is 315 g/mol. The van der Waals surface area contributed by atoms with E-state index in [-0.39, 0.29) is 6.04 Å². The lowest BCUT2D eigenvalue weighted by Gasteiger charge is -2.18. The van der Waals surface area contributed by atoms with Crippen LogP contribution in [0.3, 0.4) is 0 Å². The van der Waals surface area contributed by atoms with Crippen molar-refractivity contribution in [3.63, 3.8) is 0 Å². The number of hydrogen-bond acceptors (Lipinski definition) is 2. The van der Waals surface area contributed by atoms with E-state index in [0.29, 0.717) is 12.1 Å². The molecule has 130 valence electrons. The van der Waals surface area contributed by atoms with Gasteiger partial charge in [-0.1, -0.05) is 36.4 Å². The van der Waals surface area contributed by atoms with Gasteiger partial charge in [-0.05, 0) is 49.1 Å². The molecule has 0 heterocycles. The molecule has 0 saturated heterocycles. The average Bonchev–Trinajstić information content (AvgIpc) is 2.54. The Balaban J connectivity index is 1.88. The summed E-state index contributed by atoms with van der Waals surface area (Å²) in [5, 5.41) is 13.4. The second kappa shape index (κ2) is 7.81. The van der Waals surface area contributed by atoms with Gasteiger partial charge in [0.1, 0.15) is 0 Å². The number of nitrogens with one attached hydrogen (secondary N) is 1. The summed E-state index contributed by atoms with van der Waals surface area (Å²) in [7, 11) is 0. The van der Waals surface area contributed by atoms with Gasteiger partial charge in [0.05, 0.1) is 11.7 Å². The maximum Gasteiger partial charge on any atom is 0.416 e. The van der Waals surface area contributed by atoms with Gasteiger partial charge in [0.25, 0.3) is 0 Å². The first kappa shape index (κ1) is 18.5. The van der Waals surface area contributed by atoms with Crippen molar-refractivity contribution in [3.05, 3.63) is 70.8 Å². The molecule has 2 rings (SSSR count). The first-order chi connectivity index (χ1) is 11.3. The van der Waals surface area contributed by atoms with Crippen LogP contribution in [-0.4, -0.2) is 17.7 Å². The molecule has 2 nitrogen and oxygen atoms in total. The van der Waals surface area contributed by atoms with Crippen molar-refractivity contribution in [2.24, 2.45) is 0 Å². The molecule has 0 amide bonds. The molecule has 2 N–H and O–H groups in total. The number of rotatable bonds is 6. The highest BCUT2D eigenvalue weighted by atomic mass is 19.4. The van der Waals surface area contributed by atoms with Crippen LogP contribution in [0.1, 0.15) is 35.3 Å². The lowest BCUT2D eigenvalue weighted by atomic mass is 10.0. The monoisotopic (exact) mass is 337 g/mol. The van der Waals surface area contributed by atoms with Crippen LogP contribution in [0.25, 0.3) is 0 Å². The Morgan fingerprint density at radius 3 is 2.25 bits per heavy atom. The van der Waals surface area contributed by atoms with Crippen molar-refractivity contribution < 1.29 is 18.3 Å². The molecule has 0 radical (unpaired) electrons. The SMILES string of the molecule is Cc1ccccc1C[C@@H](C)NC[C@H](O)c1ccc(C(F)(F)F)cc1. The second-order valence-corrected chi connectivity index (χ2v) is 6.08. The predicted molar refractivity (Wildman–Crippen MR) is 88.8 cm³/mol. The molecule has 0 unspecified atom stereocenters. The van der Waals surface area contributed by atoms with Gasteiger partial charge in [0.2, 0.25) is 0 Å². The Morgan fingerprint density at radius 1 is 1.04 bits per heavy atom. The quantitative estimate of drug-likeness (QED) is 0.825. The second-order valence-electron chi connectivity index (χ2n) is 6.08. The Labute approximate surface area is 140 Å². The molecule has 0 aliphatic heterocycles. The molecule has 2 aromatic carbocycles. The Kier molecular flexibility index (Phi) is 6.02. The minimum Gasteiger partial charge on any atom is -0.387 e. The van der Waals surface area contributed by atoms with Crippen molar-refractivity contribution in [1.29, 1.82) is 0 Å². The largest absolute Gasteiger partial charge is 0.416 e. The fraction of sp³-hybridized carbons (Fsp3) is 0.368. The standard InChI is InChI=1S/C19H22F3NO/c1-13-5-3-4-6-16(13)11-14(2)23-12-18(24)15-7-9-17(10-8-15)19(20,21)22/h3-10,14,18,23-24H,11-12H2,1-2H3/t14-,18+/m1/s1. The molecule has 2 aromatic rings. The van der Waals surface area contributed by atoms with E-state index >= 15 is 0 Å². The molecule has 0 aromatic heterocycles. The number of halogens is 3. The zero-order valence-electron chi connectivity index (χ0n) is 13.8. The highest BCUT2D eigenvalue weighted by Crippen LogP contribution is 2.29. The third-order valence-corrected chi connectivity index (χ3v) is 4.07. The topological polar surface area (TPSA) is 32.3 Å². The summed E-state index contributed by atoms with van der Waals surface area (Å²) in [6.07, 6.45) is -4.37. The van der Waals surface area contributed by atoms with Gasteiger partial charge >= 0.3 is 6.18 Å². The molecule has 0 fully saturated rings. The van der Waals surface area contributed by atoms with Gasteiger partial charge in [-0.2, -0.15) is 13.2 Å². The highest BCUT2D eigenvalue weighted by Gasteiger charge is 2.30. The van der Waals surface area contributed by atoms with Gasteiger partial charge in [-0.25, -0.2) is 0 Å². The van der Waals surface area contributed by atoms with Gasteiger partial charge < -0.3 is 10.4 Å². The minimum absolute atomic E-state index is 0.148. The molecule has 2 atom stereocenters. The fourth-order valence-electron chi connectivity index (χ4n) is 2.57. The van der Waals surface area contributed by atoms with Crippen LogP contribution in [0, 0.1) is 6.92 Å². The van der Waals surface area contributed by atoms with E-state index in [0.717, 1.165) is 18.6 Å². The molecular formula is C19H22F3NO. The zero-order valence-corrected chi connectivity index (χ0v) is 13.8. The van der Waals surface area contributed by atoms with Gasteiger partial charge in [-0.3, -0.25) is 0 Å². The van der Waals surface area contributed by atoms with Crippen molar-refractivity contribution in [3.8, 4) is 0 Å². The third-order valence-electron chi connectivity index (χ3n) is 4.07. The van der Waals surface area contributed by atoms with Crippen LogP contribution < -0.4 is 5.32 Å². The summed E-state index contributed by atoms with van der Waals surface area (Å²) < 4.78 is 37.6. The number of alkyl halides is 3. The molecule has 0 spiro atoms. The molecule has 0 aliphatic rings. The van der Waals surface area contributed by atoms with Crippen LogP contribution in [0.4, 0.5) is 13.2 Å². The van der Waals surface area contributed by atoms with Crippen molar-refractivity contribution in [2.45, 2.75) is 38.6 Å². The van der Waals surface area contributed by atoms with Crippen molar-refractivity contribution in [1.82, 2.24) is 5.32 Å². The summed E-state index contributed by atoms with van der Waals surface area (Å²) in [6, 6.07) is 12.9. The first-order valence-electron chi connectivity index (χ1n) is 7.90. The smallest absolute Gasteiger partial charge is 0.387 e. The van der Waals surface area contributed by atoms with Crippen LogP contribution in [0.2, 0.25) is 0 Å². The van der Waals surface area contributed by atoms with E-state index in [1.807, 2.05) is 19.1 Å². The van der Waals surface area contributed by atoms with Gasteiger partial charge in [-0.15, -0.1) is 0 Å². The zero-order chi connectivity index (χ0) is 17.7. The highest BCUT2D eigenvalue weighted by molar-refractivity contribution is 5.27. The maximum absolute atomic E-state index is 12.5. The van der Waals surface area contributed by atoms with Crippen LogP contribution in [0.15, 0.2) is 48.5 Å². The number of benzene rings is 2. The van der Waals surface area contributed by atoms with Crippen LogP contribution >= 0.6 is 0 Å². The van der Waals surface area contributed by atoms with E-state index in [2.05, 4.69) is 24.4 Å². The third kappa shape index (κ3) is 5.08. The Morgan fingerprint density at radius 2 is 1.67 bits per heavy atom. The summed E-state index contributed by atoms with van der Waals surface area (Å²) in [5.41, 5.74) is 2.22. The van der Waals surface area contributed by atoms with E-state index < -0.39 is 17.8 Å². The summed E-state index contributed by atoms with van der Waals surface area (Å²) >= 11 is 0. The summed E-state index contributed by atoms with van der Waals surface area (Å²) in [4.78, 5) is 0. The number of aliphatic hydroxyl groups excluding tert-OH is 1. The molecule has 0 aliphatic carbocycles. The van der Waals surface area contributed by atoms with E-state index in [4.69, 9.17) is 0 Å².